The quantitative estimate of drug-likeness (QED) is 0.432. The van der Waals surface area contributed by atoms with E-state index in [9.17, 15) is 19.7 Å². The van der Waals surface area contributed by atoms with Gasteiger partial charge >= 0.3 is 11.0 Å². The van der Waals surface area contributed by atoms with E-state index in [-0.39, 0.29) is 15.8 Å². The topological polar surface area (TPSA) is 98.5 Å². The third-order valence-corrected chi connectivity index (χ3v) is 4.93. The van der Waals surface area contributed by atoms with E-state index in [2.05, 4.69) is 5.32 Å². The molecule has 8 heteroatoms. The van der Waals surface area contributed by atoms with E-state index in [0.29, 0.717) is 17.9 Å². The average molecular weight is 376 g/mol. The highest BCUT2D eigenvalue weighted by atomic mass is 32.1. The Labute approximate surface area is 155 Å². The van der Waals surface area contributed by atoms with Crippen LogP contribution in [0.25, 0.3) is 0 Å². The van der Waals surface area contributed by atoms with E-state index in [1.165, 1.54) is 19.1 Å². The van der Waals surface area contributed by atoms with Crippen LogP contribution < -0.4 is 5.32 Å². The van der Waals surface area contributed by atoms with Crippen molar-refractivity contribution in [3.63, 3.8) is 0 Å². The predicted molar refractivity (Wildman–Crippen MR) is 98.3 cm³/mol. The van der Waals surface area contributed by atoms with Gasteiger partial charge in [0.2, 0.25) is 0 Å². The Kier molecular flexibility index (Phi) is 6.85. The Hall–Kier alpha value is -2.74. The number of thiophene rings is 1. The Bertz CT molecular complexity index is 775. The Morgan fingerprint density at radius 2 is 1.92 bits per heavy atom. The summed E-state index contributed by atoms with van der Waals surface area (Å²) in [5, 5.41) is 13.3. The number of esters is 1. The molecule has 0 unspecified atom stereocenters. The zero-order chi connectivity index (χ0) is 19.1. The molecule has 2 atom stereocenters. The van der Waals surface area contributed by atoms with Crippen molar-refractivity contribution in [2.24, 2.45) is 0 Å². The Balaban J connectivity index is 1.88. The van der Waals surface area contributed by atoms with E-state index in [1.54, 1.807) is 0 Å². The van der Waals surface area contributed by atoms with Crippen molar-refractivity contribution in [2.75, 3.05) is 6.54 Å². The standard InChI is InChI=1S/C18H20N2O5S/c1-3-13(14-7-5-4-6-8-14)11-19-17(21)12(2)25-18(22)15-9-10-16(26-15)20(23)24/h4-10,12-13H,3,11H2,1-2H3,(H,19,21)/t12-,13+/m1/s1. The minimum absolute atomic E-state index is 0.0899. The zero-order valence-electron chi connectivity index (χ0n) is 14.5. The Morgan fingerprint density at radius 3 is 2.50 bits per heavy atom. The van der Waals surface area contributed by atoms with Crippen LogP contribution in [0.4, 0.5) is 5.00 Å². The maximum atomic E-state index is 12.2. The van der Waals surface area contributed by atoms with Crippen molar-refractivity contribution in [3.05, 3.63) is 63.0 Å². The maximum absolute atomic E-state index is 12.2. The van der Waals surface area contributed by atoms with Crippen molar-refractivity contribution >= 4 is 28.2 Å². The maximum Gasteiger partial charge on any atom is 0.349 e. The van der Waals surface area contributed by atoms with E-state index in [0.717, 1.165) is 12.0 Å². The number of hydrogen-bond donors (Lipinski definition) is 1. The number of benzene rings is 1. The van der Waals surface area contributed by atoms with Gasteiger partial charge in [0.15, 0.2) is 6.10 Å². The molecule has 1 heterocycles. The smallest absolute Gasteiger partial charge is 0.349 e. The van der Waals surface area contributed by atoms with Crippen LogP contribution in [0.15, 0.2) is 42.5 Å². The molecule has 138 valence electrons. The summed E-state index contributed by atoms with van der Waals surface area (Å²) in [6, 6.07) is 12.4. The van der Waals surface area contributed by atoms with Crippen LogP contribution in [0.5, 0.6) is 0 Å². The zero-order valence-corrected chi connectivity index (χ0v) is 15.3. The normalized spacial score (nSPS) is 12.8. The second-order valence-corrected chi connectivity index (χ2v) is 6.77. The predicted octanol–water partition coefficient (Wildman–Crippen LogP) is 3.51. The minimum atomic E-state index is -0.989. The molecule has 1 aromatic carbocycles. The molecule has 0 radical (unpaired) electrons. The van der Waals surface area contributed by atoms with Crippen LogP contribution in [0.3, 0.4) is 0 Å². The van der Waals surface area contributed by atoms with E-state index in [4.69, 9.17) is 4.74 Å². The van der Waals surface area contributed by atoms with Gasteiger partial charge in [0.25, 0.3) is 5.91 Å². The van der Waals surface area contributed by atoms with Gasteiger partial charge in [-0.15, -0.1) is 0 Å². The first kappa shape index (κ1) is 19.6. The SMILES string of the molecule is CC[C@@H](CNC(=O)[C@@H](C)OC(=O)c1ccc([N+](=O)[O-])s1)c1ccccc1. The van der Waals surface area contributed by atoms with E-state index >= 15 is 0 Å². The number of carbonyl (C=O) groups is 2. The lowest BCUT2D eigenvalue weighted by atomic mass is 9.96. The molecule has 7 nitrogen and oxygen atoms in total. The van der Waals surface area contributed by atoms with Crippen molar-refractivity contribution in [2.45, 2.75) is 32.3 Å². The molecule has 1 aromatic heterocycles. The molecule has 2 aromatic rings. The number of ether oxygens (including phenoxy) is 1. The van der Waals surface area contributed by atoms with Gasteiger partial charge in [-0.1, -0.05) is 48.6 Å². The molecular formula is C18H20N2O5S. The molecule has 0 fully saturated rings. The summed E-state index contributed by atoms with van der Waals surface area (Å²) in [5.41, 5.74) is 1.13. The number of nitrogens with zero attached hydrogens (tertiary/aromatic N) is 1. The van der Waals surface area contributed by atoms with Gasteiger partial charge in [0.1, 0.15) is 4.88 Å². The molecule has 1 N–H and O–H groups in total. The molecule has 1 amide bonds. The van der Waals surface area contributed by atoms with Gasteiger partial charge in [-0.3, -0.25) is 14.9 Å². The van der Waals surface area contributed by atoms with Gasteiger partial charge in [0.05, 0.1) is 4.92 Å². The highest BCUT2D eigenvalue weighted by molar-refractivity contribution is 7.17. The fraction of sp³-hybridized carbons (Fsp3) is 0.333. The molecule has 26 heavy (non-hydrogen) atoms. The molecule has 0 saturated heterocycles. The van der Waals surface area contributed by atoms with Crippen molar-refractivity contribution < 1.29 is 19.2 Å². The number of carbonyl (C=O) groups excluding carboxylic acids is 2. The molecule has 0 aliphatic heterocycles. The largest absolute Gasteiger partial charge is 0.448 e. The van der Waals surface area contributed by atoms with Crippen molar-refractivity contribution in [3.8, 4) is 0 Å². The molecule has 0 aliphatic rings. The van der Waals surface area contributed by atoms with Crippen LogP contribution in [0.1, 0.15) is 41.4 Å². The highest BCUT2D eigenvalue weighted by Gasteiger charge is 2.22. The van der Waals surface area contributed by atoms with E-state index in [1.807, 2.05) is 37.3 Å². The lowest BCUT2D eigenvalue weighted by Crippen LogP contribution is -2.37. The molecule has 2 rings (SSSR count). The van der Waals surface area contributed by atoms with Gasteiger partial charge in [0, 0.05) is 18.5 Å². The summed E-state index contributed by atoms with van der Waals surface area (Å²) in [6.07, 6.45) is -0.130. The number of nitrogens with one attached hydrogen (secondary N) is 1. The third-order valence-electron chi connectivity index (χ3n) is 3.91. The van der Waals surface area contributed by atoms with Gasteiger partial charge in [-0.05, 0) is 25.0 Å². The van der Waals surface area contributed by atoms with Crippen molar-refractivity contribution in [1.82, 2.24) is 5.32 Å². The molecular weight excluding hydrogens is 356 g/mol. The average Bonchev–Trinajstić information content (AvgIpc) is 3.13. The molecule has 0 bridgehead atoms. The van der Waals surface area contributed by atoms with E-state index < -0.39 is 22.9 Å². The van der Waals surface area contributed by atoms with Gasteiger partial charge < -0.3 is 10.1 Å². The Morgan fingerprint density at radius 1 is 1.23 bits per heavy atom. The second-order valence-electron chi connectivity index (χ2n) is 5.70. The summed E-state index contributed by atoms with van der Waals surface area (Å²) in [4.78, 5) is 34.4. The summed E-state index contributed by atoms with van der Waals surface area (Å²) in [6.45, 7) is 3.95. The lowest BCUT2D eigenvalue weighted by molar-refractivity contribution is -0.380. The van der Waals surface area contributed by atoms with Gasteiger partial charge in [-0.2, -0.15) is 0 Å². The molecule has 0 spiro atoms. The fourth-order valence-electron chi connectivity index (χ4n) is 2.40. The first-order valence-electron chi connectivity index (χ1n) is 8.20. The van der Waals surface area contributed by atoms with Crippen LogP contribution >= 0.6 is 11.3 Å². The van der Waals surface area contributed by atoms with Crippen LogP contribution in [0.2, 0.25) is 0 Å². The summed E-state index contributed by atoms with van der Waals surface area (Å²) in [7, 11) is 0. The summed E-state index contributed by atoms with van der Waals surface area (Å²) in [5.74, 6) is -0.984. The second kappa shape index (κ2) is 9.10. The highest BCUT2D eigenvalue weighted by Crippen LogP contribution is 2.24. The fourth-order valence-corrected chi connectivity index (χ4v) is 3.10. The lowest BCUT2D eigenvalue weighted by Gasteiger charge is -2.18. The van der Waals surface area contributed by atoms with Crippen LogP contribution in [0, 0.1) is 10.1 Å². The number of hydrogen-bond acceptors (Lipinski definition) is 6. The summed E-state index contributed by atoms with van der Waals surface area (Å²) >= 11 is 0.717. The minimum Gasteiger partial charge on any atom is -0.448 e. The first-order valence-corrected chi connectivity index (χ1v) is 9.01. The number of rotatable bonds is 8. The number of amides is 1. The van der Waals surface area contributed by atoms with Gasteiger partial charge in [-0.25, -0.2) is 4.79 Å². The molecule has 0 aliphatic carbocycles. The van der Waals surface area contributed by atoms with Crippen LogP contribution in [-0.4, -0.2) is 29.4 Å². The third kappa shape index (κ3) is 5.13. The molecule has 0 saturated carbocycles. The monoisotopic (exact) mass is 376 g/mol. The van der Waals surface area contributed by atoms with Crippen LogP contribution in [-0.2, 0) is 9.53 Å². The summed E-state index contributed by atoms with van der Waals surface area (Å²) < 4.78 is 5.10. The van der Waals surface area contributed by atoms with Crippen molar-refractivity contribution in [1.29, 1.82) is 0 Å². The first-order chi connectivity index (χ1) is 12.4. The number of nitro groups is 1.